The number of ether oxygens (including phenoxy) is 1. The van der Waals surface area contributed by atoms with Crippen LogP contribution in [0.4, 0.5) is 33.2 Å². The van der Waals surface area contributed by atoms with Crippen LogP contribution in [0.15, 0.2) is 59.5 Å². The zero-order valence-electron chi connectivity index (χ0n) is 33.1. The van der Waals surface area contributed by atoms with E-state index in [2.05, 4.69) is 56.6 Å². The summed E-state index contributed by atoms with van der Waals surface area (Å²) in [4.78, 5) is 61.0. The molecule has 3 amide bonds. The summed E-state index contributed by atoms with van der Waals surface area (Å²) in [6.45, 7) is 5.25. The Morgan fingerprint density at radius 3 is 2.47 bits per heavy atom. The van der Waals surface area contributed by atoms with Crippen molar-refractivity contribution in [1.29, 1.82) is 0 Å². The van der Waals surface area contributed by atoms with Crippen molar-refractivity contribution in [2.45, 2.75) is 38.9 Å². The maximum atomic E-state index is 15.4. The van der Waals surface area contributed by atoms with Gasteiger partial charge >= 0.3 is 7.60 Å². The highest BCUT2D eigenvalue weighted by Crippen LogP contribution is 2.49. The summed E-state index contributed by atoms with van der Waals surface area (Å²) in [6.07, 6.45) is 5.03. The fourth-order valence-electron chi connectivity index (χ4n) is 7.85. The van der Waals surface area contributed by atoms with Gasteiger partial charge in [-0.1, -0.05) is 0 Å². The van der Waals surface area contributed by atoms with Gasteiger partial charge < -0.3 is 34.2 Å². The molecule has 3 N–H and O–H groups in total. The number of methoxy groups -OCH3 is 1. The number of imide groups is 1. The van der Waals surface area contributed by atoms with Crippen LogP contribution >= 0.6 is 23.5 Å². The highest BCUT2D eigenvalue weighted by atomic mass is 79.9. The predicted octanol–water partition coefficient (Wildman–Crippen LogP) is 5.32. The number of aromatic nitrogens is 4. The van der Waals surface area contributed by atoms with E-state index in [1.54, 1.807) is 37.7 Å². The molecule has 2 saturated heterocycles. The van der Waals surface area contributed by atoms with Crippen molar-refractivity contribution < 1.29 is 37.1 Å². The first kappa shape index (κ1) is 41.2. The van der Waals surface area contributed by atoms with Crippen LogP contribution in [0, 0.1) is 12.7 Å². The molecule has 8 rings (SSSR count). The van der Waals surface area contributed by atoms with Gasteiger partial charge in [0, 0.05) is 101 Å². The van der Waals surface area contributed by atoms with E-state index in [1.165, 1.54) is 31.4 Å². The Bertz CT molecular complexity index is 2590. The smallest absolute Gasteiger partial charge is 0.365 e. The Labute approximate surface area is 352 Å². The van der Waals surface area contributed by atoms with Gasteiger partial charge in [0.25, 0.3) is 5.91 Å². The summed E-state index contributed by atoms with van der Waals surface area (Å²) >= 11 is 3.52. The monoisotopic (exact) mass is 902 g/mol. The summed E-state index contributed by atoms with van der Waals surface area (Å²) in [5.74, 6) is -0.532. The number of hydrogen-bond donors (Lipinski definition) is 3. The second-order valence-corrected chi connectivity index (χ2v) is 17.5. The van der Waals surface area contributed by atoms with Crippen LogP contribution in [0.3, 0.4) is 0 Å². The third kappa shape index (κ3) is 7.90. The number of fused-ring (bicyclic) bond motifs is 2. The molecule has 0 spiro atoms. The van der Waals surface area contributed by atoms with Crippen molar-refractivity contribution in [3.05, 3.63) is 87.5 Å². The minimum absolute atomic E-state index is 0.153. The second-order valence-electron chi connectivity index (χ2n) is 14.5. The summed E-state index contributed by atoms with van der Waals surface area (Å²) in [5.41, 5.74) is 5.28. The molecule has 0 aliphatic carbocycles. The average molecular weight is 904 g/mol. The van der Waals surface area contributed by atoms with Gasteiger partial charge in [-0.25, -0.2) is 9.37 Å². The lowest BCUT2D eigenvalue weighted by atomic mass is 10.0. The second kappa shape index (κ2) is 16.8. The Balaban J connectivity index is 0.945. The number of carbonyl (C=O) groups is 3. The molecular weight excluding hydrogens is 862 g/mol. The fraction of sp³-hybridized carbons (Fsp3) is 0.325. The predicted molar refractivity (Wildman–Crippen MR) is 225 cm³/mol. The van der Waals surface area contributed by atoms with Crippen molar-refractivity contribution in [1.82, 2.24) is 35.1 Å². The van der Waals surface area contributed by atoms with Crippen LogP contribution in [0.2, 0.25) is 0 Å². The molecule has 17 nitrogen and oxygen atoms in total. The molecule has 312 valence electrons. The third-order valence-electron chi connectivity index (χ3n) is 10.9. The van der Waals surface area contributed by atoms with Crippen LogP contribution < -0.4 is 30.9 Å². The van der Waals surface area contributed by atoms with Crippen LogP contribution in [-0.4, -0.2) is 101 Å². The van der Waals surface area contributed by atoms with Gasteiger partial charge in [0.1, 0.15) is 34.2 Å². The van der Waals surface area contributed by atoms with E-state index in [1.807, 2.05) is 19.1 Å². The Hall–Kier alpha value is -5.59. The van der Waals surface area contributed by atoms with E-state index >= 15 is 4.39 Å². The molecule has 1 unspecified atom stereocenters. The zero-order valence-corrected chi connectivity index (χ0v) is 35.6. The molecule has 5 aromatic rings. The highest BCUT2D eigenvalue weighted by molar-refractivity contribution is 9.10. The fourth-order valence-corrected chi connectivity index (χ4v) is 9.52. The van der Waals surface area contributed by atoms with Gasteiger partial charge in [-0.2, -0.15) is 4.98 Å². The van der Waals surface area contributed by atoms with E-state index in [4.69, 9.17) is 18.8 Å². The molecule has 0 saturated carbocycles. The van der Waals surface area contributed by atoms with Crippen LogP contribution in [-0.2, 0) is 36.3 Å². The highest BCUT2D eigenvalue weighted by Gasteiger charge is 2.40. The lowest BCUT2D eigenvalue weighted by molar-refractivity contribution is -0.136. The lowest BCUT2D eigenvalue weighted by Crippen LogP contribution is -2.52. The first-order valence-corrected chi connectivity index (χ1v) is 21.4. The van der Waals surface area contributed by atoms with Crippen molar-refractivity contribution in [3.63, 3.8) is 0 Å². The van der Waals surface area contributed by atoms with Crippen molar-refractivity contribution >= 4 is 86.4 Å². The van der Waals surface area contributed by atoms with E-state index in [9.17, 15) is 18.9 Å². The number of piperazine rings is 1. The normalized spacial score (nSPS) is 17.2. The number of rotatable bonds is 12. The lowest BCUT2D eigenvalue weighted by Gasteiger charge is -2.37. The van der Waals surface area contributed by atoms with E-state index in [0.29, 0.717) is 82.3 Å². The van der Waals surface area contributed by atoms with Crippen LogP contribution in [0.25, 0.3) is 11.0 Å². The largest absolute Gasteiger partial charge is 0.494 e. The number of aryl methyl sites for hydroxylation is 1. The number of nitrogens with zero attached hydrogens (tertiary/aromatic N) is 7. The SMILES string of the molecule is COc1cc(N2CCN(Cc3cc4c(cc3F)C(=O)N(C3CCC(=O)NC3=O)C4)CC2)c(C)cc1Nc1ncc(Br)c(Nc2ccc3nccnc3c2P(=O)(OC)OC)n1. The van der Waals surface area contributed by atoms with Gasteiger partial charge in [0.15, 0.2) is 0 Å². The maximum absolute atomic E-state index is 15.4. The van der Waals surface area contributed by atoms with Crippen molar-refractivity contribution in [2.75, 3.05) is 63.0 Å². The molecule has 2 fully saturated rings. The van der Waals surface area contributed by atoms with Crippen molar-refractivity contribution in [2.24, 2.45) is 0 Å². The van der Waals surface area contributed by atoms with Gasteiger partial charge in [0.05, 0.1) is 28.5 Å². The number of amides is 3. The average Bonchev–Trinajstić information content (AvgIpc) is 3.55. The minimum Gasteiger partial charge on any atom is -0.494 e. The maximum Gasteiger partial charge on any atom is 0.365 e. The third-order valence-corrected chi connectivity index (χ3v) is 13.5. The first-order chi connectivity index (χ1) is 28.9. The summed E-state index contributed by atoms with van der Waals surface area (Å²) < 4.78 is 46.3. The van der Waals surface area contributed by atoms with E-state index in [-0.39, 0.29) is 42.1 Å². The molecule has 2 aromatic heterocycles. The molecular formula is C40H41BrFN10O7P. The molecule has 0 bridgehead atoms. The number of piperidine rings is 1. The number of benzene rings is 3. The van der Waals surface area contributed by atoms with Crippen LogP contribution in [0.1, 0.15) is 39.9 Å². The number of nitrogens with one attached hydrogen (secondary N) is 3. The molecule has 3 aromatic carbocycles. The topological polar surface area (TPSA) is 193 Å². The Morgan fingerprint density at radius 1 is 0.967 bits per heavy atom. The molecule has 5 heterocycles. The molecule has 0 radical (unpaired) electrons. The van der Waals surface area contributed by atoms with Gasteiger partial charge in [-0.3, -0.25) is 39.1 Å². The van der Waals surface area contributed by atoms with Gasteiger partial charge in [0.2, 0.25) is 17.8 Å². The number of hydrogen-bond acceptors (Lipinski definition) is 15. The minimum atomic E-state index is -3.81. The van der Waals surface area contributed by atoms with Gasteiger partial charge in [-0.15, -0.1) is 0 Å². The molecule has 3 aliphatic heterocycles. The Morgan fingerprint density at radius 2 is 1.73 bits per heavy atom. The summed E-state index contributed by atoms with van der Waals surface area (Å²) in [7, 11) is 0.386. The quantitative estimate of drug-likeness (QED) is 0.108. The standard InChI is InChI=1S/C40H41BrFN10O7P/c1-22-15-30(47-40-45-19-26(41)37(49-40)46-29-6-5-28-35(44-10-9-43-28)36(29)60(56,58-3)59-4)33(57-2)18-32(22)51-13-11-50(12-14-51)20-24-16-23-21-52(39(55)25(23)17-27(24)42)31-7-8-34(53)48-38(31)54/h5-6,9-10,15-19,31H,7-8,11-14,20-21H2,1-4H3,(H,48,53,54)(H2,45,46,47,49). The molecule has 20 heteroatoms. The van der Waals surface area contributed by atoms with Gasteiger partial charge in [-0.05, 0) is 70.7 Å². The zero-order chi connectivity index (χ0) is 42.3. The Kier molecular flexibility index (Phi) is 11.5. The molecule has 60 heavy (non-hydrogen) atoms. The van der Waals surface area contributed by atoms with E-state index < -0.39 is 31.3 Å². The van der Waals surface area contributed by atoms with E-state index in [0.717, 1.165) is 11.3 Å². The molecule has 3 aliphatic rings. The summed E-state index contributed by atoms with van der Waals surface area (Å²) in [5, 5.41) is 9.02. The first-order valence-electron chi connectivity index (χ1n) is 19.0. The number of carbonyl (C=O) groups excluding carboxylic acids is 3. The van der Waals surface area contributed by atoms with Crippen molar-refractivity contribution in [3.8, 4) is 5.75 Å². The van der Waals surface area contributed by atoms with Crippen LogP contribution in [0.5, 0.6) is 5.75 Å². The number of halogens is 2. The summed E-state index contributed by atoms with van der Waals surface area (Å²) in [6, 6.07) is 9.62. The number of anilines is 5. The molecule has 1 atom stereocenters.